The summed E-state index contributed by atoms with van der Waals surface area (Å²) in [5.41, 5.74) is 0.527. The minimum absolute atomic E-state index is 0.309. The summed E-state index contributed by atoms with van der Waals surface area (Å²) in [6, 6.07) is 10.7. The van der Waals surface area contributed by atoms with Crippen molar-refractivity contribution in [3.8, 4) is 22.6 Å². The predicted molar refractivity (Wildman–Crippen MR) is 81.0 cm³/mol. The monoisotopic (exact) mass is 300 g/mol. The molecular formula is C17H13FO4. The van der Waals surface area contributed by atoms with Crippen LogP contribution in [0.2, 0.25) is 0 Å². The van der Waals surface area contributed by atoms with Crippen LogP contribution in [0, 0.1) is 5.82 Å². The number of methoxy groups -OCH3 is 2. The van der Waals surface area contributed by atoms with E-state index in [1.807, 2.05) is 0 Å². The smallest absolute Gasteiger partial charge is 0.336 e. The highest BCUT2D eigenvalue weighted by atomic mass is 19.1. The first-order chi connectivity index (χ1) is 10.6. The van der Waals surface area contributed by atoms with Crippen molar-refractivity contribution in [2.24, 2.45) is 0 Å². The Kier molecular flexibility index (Phi) is 3.55. The van der Waals surface area contributed by atoms with E-state index >= 15 is 0 Å². The lowest BCUT2D eigenvalue weighted by molar-refractivity contribution is 0.355. The third-order valence-electron chi connectivity index (χ3n) is 3.41. The lowest BCUT2D eigenvalue weighted by atomic mass is 10.0. The summed E-state index contributed by atoms with van der Waals surface area (Å²) < 4.78 is 29.7. The molecule has 1 heterocycles. The van der Waals surface area contributed by atoms with Gasteiger partial charge in [0, 0.05) is 28.6 Å². The quantitative estimate of drug-likeness (QED) is 0.693. The molecule has 1 aromatic heterocycles. The van der Waals surface area contributed by atoms with Crippen molar-refractivity contribution in [3.63, 3.8) is 0 Å². The molecule has 0 saturated heterocycles. The van der Waals surface area contributed by atoms with Crippen LogP contribution in [0.25, 0.3) is 22.1 Å². The summed E-state index contributed by atoms with van der Waals surface area (Å²) >= 11 is 0. The highest BCUT2D eigenvalue weighted by molar-refractivity contribution is 5.95. The lowest BCUT2D eigenvalue weighted by Gasteiger charge is -2.11. The Morgan fingerprint density at radius 3 is 2.32 bits per heavy atom. The molecule has 112 valence electrons. The van der Waals surface area contributed by atoms with Gasteiger partial charge in [-0.2, -0.15) is 0 Å². The molecule has 0 aliphatic heterocycles. The Morgan fingerprint density at radius 1 is 0.955 bits per heavy atom. The molecule has 0 saturated carbocycles. The fourth-order valence-corrected chi connectivity index (χ4v) is 2.39. The molecule has 3 rings (SSSR count). The minimum atomic E-state index is -0.557. The Labute approximate surface area is 125 Å². The van der Waals surface area contributed by atoms with Gasteiger partial charge in [-0.3, -0.25) is 0 Å². The minimum Gasteiger partial charge on any atom is -0.493 e. The maximum Gasteiger partial charge on any atom is 0.336 e. The summed E-state index contributed by atoms with van der Waals surface area (Å²) in [5.74, 6) is 0.495. The van der Waals surface area contributed by atoms with E-state index in [9.17, 15) is 9.18 Å². The topological polar surface area (TPSA) is 48.7 Å². The normalized spacial score (nSPS) is 10.7. The van der Waals surface area contributed by atoms with E-state index in [4.69, 9.17) is 13.9 Å². The molecule has 3 aromatic rings. The van der Waals surface area contributed by atoms with Crippen molar-refractivity contribution in [1.82, 2.24) is 0 Å². The van der Waals surface area contributed by atoms with Gasteiger partial charge in [-0.1, -0.05) is 18.2 Å². The zero-order chi connectivity index (χ0) is 15.7. The van der Waals surface area contributed by atoms with Gasteiger partial charge in [0.05, 0.1) is 14.2 Å². The molecule has 0 amide bonds. The molecule has 5 heteroatoms. The first-order valence-electron chi connectivity index (χ1n) is 6.59. The van der Waals surface area contributed by atoms with E-state index in [1.54, 1.807) is 30.3 Å². The second-order valence-electron chi connectivity index (χ2n) is 4.66. The molecule has 0 N–H and O–H groups in total. The molecule has 0 radical (unpaired) electrons. The number of fused-ring (bicyclic) bond motifs is 1. The van der Waals surface area contributed by atoms with Crippen LogP contribution >= 0.6 is 0 Å². The van der Waals surface area contributed by atoms with Gasteiger partial charge in [0.15, 0.2) is 11.5 Å². The lowest BCUT2D eigenvalue weighted by Crippen LogP contribution is -2.00. The van der Waals surface area contributed by atoms with E-state index < -0.39 is 11.4 Å². The average Bonchev–Trinajstić information content (AvgIpc) is 2.53. The Bertz CT molecular complexity index is 899. The third kappa shape index (κ3) is 2.30. The van der Waals surface area contributed by atoms with Crippen LogP contribution in [-0.4, -0.2) is 14.2 Å². The summed E-state index contributed by atoms with van der Waals surface area (Å²) in [5, 5.41) is 0.572. The molecule has 0 unspecified atom stereocenters. The van der Waals surface area contributed by atoms with Crippen molar-refractivity contribution in [1.29, 1.82) is 0 Å². The van der Waals surface area contributed by atoms with Crippen molar-refractivity contribution < 1.29 is 18.3 Å². The van der Waals surface area contributed by atoms with Gasteiger partial charge in [-0.15, -0.1) is 0 Å². The summed E-state index contributed by atoms with van der Waals surface area (Å²) in [4.78, 5) is 11.8. The zero-order valence-corrected chi connectivity index (χ0v) is 12.1. The molecule has 2 aromatic carbocycles. The van der Waals surface area contributed by atoms with Crippen molar-refractivity contribution >= 4 is 11.0 Å². The van der Waals surface area contributed by atoms with Gasteiger partial charge >= 0.3 is 5.63 Å². The summed E-state index contributed by atoms with van der Waals surface area (Å²) in [6.45, 7) is 0. The number of hydrogen-bond donors (Lipinski definition) is 0. The summed E-state index contributed by atoms with van der Waals surface area (Å²) in [6.07, 6.45) is 0. The molecule has 4 nitrogen and oxygen atoms in total. The molecule has 0 spiro atoms. The molecule has 22 heavy (non-hydrogen) atoms. The molecule has 0 aliphatic carbocycles. The largest absolute Gasteiger partial charge is 0.493 e. The van der Waals surface area contributed by atoms with Gasteiger partial charge in [0.25, 0.3) is 0 Å². The van der Waals surface area contributed by atoms with Crippen LogP contribution in [0.15, 0.2) is 51.7 Å². The fourth-order valence-electron chi connectivity index (χ4n) is 2.39. The van der Waals surface area contributed by atoms with Crippen LogP contribution < -0.4 is 15.1 Å². The molecular weight excluding hydrogens is 287 g/mol. The highest BCUT2D eigenvalue weighted by Crippen LogP contribution is 2.36. The average molecular weight is 300 g/mol. The van der Waals surface area contributed by atoms with Crippen LogP contribution in [0.5, 0.6) is 11.5 Å². The fraction of sp³-hybridized carbons (Fsp3) is 0.118. The maximum absolute atomic E-state index is 14.1. The third-order valence-corrected chi connectivity index (χ3v) is 3.41. The van der Waals surface area contributed by atoms with Crippen LogP contribution in [0.3, 0.4) is 0 Å². The number of halogens is 1. The second-order valence-corrected chi connectivity index (χ2v) is 4.66. The first kappa shape index (κ1) is 14.1. The van der Waals surface area contributed by atoms with Gasteiger partial charge in [-0.05, 0) is 12.1 Å². The predicted octanol–water partition coefficient (Wildman–Crippen LogP) is 3.62. The van der Waals surface area contributed by atoms with E-state index in [1.165, 1.54) is 26.4 Å². The van der Waals surface area contributed by atoms with Gasteiger partial charge in [-0.25, -0.2) is 9.18 Å². The first-order valence-corrected chi connectivity index (χ1v) is 6.59. The Balaban J connectivity index is 2.40. The molecule has 0 fully saturated rings. The van der Waals surface area contributed by atoms with Crippen molar-refractivity contribution in [2.75, 3.05) is 14.2 Å². The van der Waals surface area contributed by atoms with E-state index in [-0.39, 0.29) is 0 Å². The van der Waals surface area contributed by atoms with Crippen molar-refractivity contribution in [3.05, 3.63) is 58.7 Å². The van der Waals surface area contributed by atoms with E-state index in [0.717, 1.165) is 0 Å². The second kappa shape index (κ2) is 5.52. The van der Waals surface area contributed by atoms with E-state index in [0.29, 0.717) is 33.6 Å². The SMILES string of the molecule is COc1cc2oc(=O)cc(-c3ccccc3F)c2cc1OC. The maximum atomic E-state index is 14.1. The number of benzene rings is 2. The number of rotatable bonds is 3. The highest BCUT2D eigenvalue weighted by Gasteiger charge is 2.15. The van der Waals surface area contributed by atoms with Crippen LogP contribution in [-0.2, 0) is 0 Å². The number of hydrogen-bond acceptors (Lipinski definition) is 4. The molecule has 0 aliphatic rings. The summed E-state index contributed by atoms with van der Waals surface area (Å²) in [7, 11) is 2.99. The number of ether oxygens (including phenoxy) is 2. The standard InChI is InChI=1S/C17H13FO4/c1-20-15-7-12-11(10-5-3-4-6-13(10)18)8-17(19)22-14(12)9-16(15)21-2/h3-9H,1-2H3. The molecule has 0 atom stereocenters. The van der Waals surface area contributed by atoms with Crippen LogP contribution in [0.1, 0.15) is 0 Å². The van der Waals surface area contributed by atoms with Crippen LogP contribution in [0.4, 0.5) is 4.39 Å². The van der Waals surface area contributed by atoms with Gasteiger partial charge in [0.1, 0.15) is 11.4 Å². The van der Waals surface area contributed by atoms with E-state index in [2.05, 4.69) is 0 Å². The Hall–Kier alpha value is -2.82. The van der Waals surface area contributed by atoms with Gasteiger partial charge < -0.3 is 13.9 Å². The Morgan fingerprint density at radius 2 is 1.64 bits per heavy atom. The van der Waals surface area contributed by atoms with Gasteiger partial charge in [0.2, 0.25) is 0 Å². The molecule has 0 bridgehead atoms. The van der Waals surface area contributed by atoms with Crippen molar-refractivity contribution in [2.45, 2.75) is 0 Å². The zero-order valence-electron chi connectivity index (χ0n) is 12.1.